The first-order valence-corrected chi connectivity index (χ1v) is 7.60. The normalized spacial score (nSPS) is 17.2. The zero-order valence-corrected chi connectivity index (χ0v) is 12.8. The molecule has 2 heterocycles. The van der Waals surface area contributed by atoms with Crippen LogP contribution in [-0.4, -0.2) is 22.0 Å². The molecule has 0 saturated carbocycles. The largest absolute Gasteiger partial charge is 0.345 e. The lowest BCUT2D eigenvalue weighted by Gasteiger charge is -2.37. The van der Waals surface area contributed by atoms with Crippen LogP contribution in [-0.2, 0) is 6.54 Å². The predicted molar refractivity (Wildman–Crippen MR) is 84.3 cm³/mol. The molecule has 1 aromatic carbocycles. The number of hydrogen-bond donors (Lipinski definition) is 1. The summed E-state index contributed by atoms with van der Waals surface area (Å²) in [6.07, 6.45) is 0.828. The zero-order chi connectivity index (χ0) is 15.7. The van der Waals surface area contributed by atoms with Crippen LogP contribution in [0.15, 0.2) is 36.4 Å². The first kappa shape index (κ1) is 14.6. The molecule has 2 amide bonds. The van der Waals surface area contributed by atoms with Gasteiger partial charge in [-0.3, -0.25) is 0 Å². The van der Waals surface area contributed by atoms with Gasteiger partial charge >= 0.3 is 6.03 Å². The average molecular weight is 301 g/mol. The quantitative estimate of drug-likeness (QED) is 0.896. The lowest BCUT2D eigenvalue weighted by atomic mass is 10.1. The Kier molecular flexibility index (Phi) is 3.88. The van der Waals surface area contributed by atoms with Gasteiger partial charge in [-0.25, -0.2) is 9.18 Å². The summed E-state index contributed by atoms with van der Waals surface area (Å²) < 4.78 is 16.0. The van der Waals surface area contributed by atoms with E-state index in [1.165, 1.54) is 11.8 Å². The third kappa shape index (κ3) is 2.47. The van der Waals surface area contributed by atoms with Gasteiger partial charge in [0.15, 0.2) is 0 Å². The third-order valence-corrected chi connectivity index (χ3v) is 4.28. The Morgan fingerprint density at radius 2 is 2.05 bits per heavy atom. The van der Waals surface area contributed by atoms with E-state index in [0.29, 0.717) is 6.54 Å². The third-order valence-electron chi connectivity index (χ3n) is 4.28. The van der Waals surface area contributed by atoms with Crippen molar-refractivity contribution in [2.24, 2.45) is 0 Å². The van der Waals surface area contributed by atoms with Gasteiger partial charge in [0, 0.05) is 24.5 Å². The number of fused-ring (bicyclic) bond motifs is 1. The maximum Gasteiger partial charge on any atom is 0.322 e. The van der Waals surface area contributed by atoms with Gasteiger partial charge in [0.2, 0.25) is 0 Å². The molecule has 0 unspecified atom stereocenters. The fourth-order valence-corrected chi connectivity index (χ4v) is 3.13. The van der Waals surface area contributed by atoms with Crippen LogP contribution in [0.1, 0.15) is 30.8 Å². The second-order valence-electron chi connectivity index (χ2n) is 5.58. The molecule has 3 rings (SSSR count). The van der Waals surface area contributed by atoms with Crippen molar-refractivity contribution >= 4 is 11.7 Å². The predicted octanol–water partition coefficient (Wildman–Crippen LogP) is 3.93. The highest BCUT2D eigenvalue weighted by molar-refractivity contribution is 5.89. The Bertz CT molecular complexity index is 695. The Balaban J connectivity index is 1.83. The van der Waals surface area contributed by atoms with Gasteiger partial charge in [0.05, 0.1) is 11.7 Å². The van der Waals surface area contributed by atoms with Crippen molar-refractivity contribution in [3.63, 3.8) is 0 Å². The van der Waals surface area contributed by atoms with Gasteiger partial charge in [0.1, 0.15) is 5.82 Å². The number of urea groups is 1. The number of aromatic nitrogens is 1. The second kappa shape index (κ2) is 5.83. The van der Waals surface area contributed by atoms with Crippen LogP contribution in [0, 0.1) is 12.7 Å². The monoisotopic (exact) mass is 301 g/mol. The van der Waals surface area contributed by atoms with E-state index in [1.807, 2.05) is 0 Å². The Morgan fingerprint density at radius 3 is 2.77 bits per heavy atom. The number of amides is 2. The lowest BCUT2D eigenvalue weighted by molar-refractivity contribution is 0.165. The highest BCUT2D eigenvalue weighted by atomic mass is 19.1. The minimum absolute atomic E-state index is 0.0224. The molecule has 0 saturated heterocycles. The molecular weight excluding hydrogens is 281 g/mol. The number of hydrogen-bond acceptors (Lipinski definition) is 1. The summed E-state index contributed by atoms with van der Waals surface area (Å²) in [4.78, 5) is 14.3. The molecule has 116 valence electrons. The number of halogens is 1. The minimum Gasteiger partial charge on any atom is -0.345 e. The number of aryl methyl sites for hydroxylation is 1. The molecule has 0 fully saturated rings. The number of para-hydroxylation sites is 1. The number of anilines is 1. The molecule has 0 spiro atoms. The van der Waals surface area contributed by atoms with Crippen LogP contribution in [0.25, 0.3) is 0 Å². The van der Waals surface area contributed by atoms with Crippen molar-refractivity contribution in [3.05, 3.63) is 53.6 Å². The summed E-state index contributed by atoms with van der Waals surface area (Å²) in [7, 11) is 0. The number of rotatable bonds is 2. The maximum atomic E-state index is 13.7. The molecule has 2 aromatic rings. The highest BCUT2D eigenvalue weighted by Crippen LogP contribution is 2.30. The van der Waals surface area contributed by atoms with Crippen molar-refractivity contribution in [1.82, 2.24) is 9.47 Å². The first-order valence-electron chi connectivity index (χ1n) is 7.60. The number of nitrogens with one attached hydrogen (secondary N) is 1. The van der Waals surface area contributed by atoms with E-state index in [2.05, 4.69) is 35.9 Å². The summed E-state index contributed by atoms with van der Waals surface area (Å²) >= 11 is 0. The molecule has 22 heavy (non-hydrogen) atoms. The summed E-state index contributed by atoms with van der Waals surface area (Å²) in [6, 6.07) is 10.2. The van der Waals surface area contributed by atoms with Crippen molar-refractivity contribution < 1.29 is 9.18 Å². The van der Waals surface area contributed by atoms with Crippen LogP contribution in [0.4, 0.5) is 14.9 Å². The van der Waals surface area contributed by atoms with Gasteiger partial charge < -0.3 is 14.8 Å². The molecule has 0 aliphatic carbocycles. The fraction of sp³-hybridized carbons (Fsp3) is 0.353. The molecule has 4 nitrogen and oxygen atoms in total. The lowest BCUT2D eigenvalue weighted by Crippen LogP contribution is -2.44. The average Bonchev–Trinajstić information content (AvgIpc) is 2.90. The van der Waals surface area contributed by atoms with Crippen LogP contribution in [0.3, 0.4) is 0 Å². The van der Waals surface area contributed by atoms with Crippen molar-refractivity contribution in [2.75, 3.05) is 11.9 Å². The Labute approximate surface area is 129 Å². The Hall–Kier alpha value is -2.30. The Morgan fingerprint density at radius 1 is 1.27 bits per heavy atom. The van der Waals surface area contributed by atoms with Crippen LogP contribution < -0.4 is 5.32 Å². The van der Waals surface area contributed by atoms with Crippen LogP contribution >= 0.6 is 0 Å². The van der Waals surface area contributed by atoms with E-state index >= 15 is 0 Å². The molecule has 1 aliphatic heterocycles. The van der Waals surface area contributed by atoms with Crippen molar-refractivity contribution in [3.8, 4) is 0 Å². The highest BCUT2D eigenvalue weighted by Gasteiger charge is 2.30. The summed E-state index contributed by atoms with van der Waals surface area (Å²) in [6.45, 7) is 5.54. The maximum absolute atomic E-state index is 13.7. The molecule has 1 atom stereocenters. The number of carbonyl (C=O) groups is 1. The van der Waals surface area contributed by atoms with E-state index < -0.39 is 5.82 Å². The van der Waals surface area contributed by atoms with Crippen LogP contribution in [0.5, 0.6) is 0 Å². The van der Waals surface area contributed by atoms with E-state index in [4.69, 9.17) is 0 Å². The van der Waals surface area contributed by atoms with E-state index in [-0.39, 0.29) is 17.8 Å². The van der Waals surface area contributed by atoms with Gasteiger partial charge in [-0.15, -0.1) is 0 Å². The van der Waals surface area contributed by atoms with Crippen LogP contribution in [0.2, 0.25) is 0 Å². The SMILES string of the molecule is CC[C@@H]1c2ccc(C)n2CCN1C(=O)Nc1ccccc1F. The smallest absolute Gasteiger partial charge is 0.322 e. The standard InChI is InChI=1S/C17H20FN3O/c1-3-15-16-9-8-12(2)20(16)10-11-21(15)17(22)19-14-7-5-4-6-13(14)18/h4-9,15H,3,10-11H2,1-2H3,(H,19,22)/t15-/m1/s1. The number of benzene rings is 1. The molecule has 1 aromatic heterocycles. The van der Waals surface area contributed by atoms with Gasteiger partial charge in [-0.05, 0) is 37.6 Å². The minimum atomic E-state index is -0.417. The summed E-state index contributed by atoms with van der Waals surface area (Å²) in [5.41, 5.74) is 2.58. The van der Waals surface area contributed by atoms with E-state index in [0.717, 1.165) is 18.7 Å². The molecule has 5 heteroatoms. The molecule has 1 N–H and O–H groups in total. The molecular formula is C17H20FN3O. The van der Waals surface area contributed by atoms with Crippen molar-refractivity contribution in [1.29, 1.82) is 0 Å². The number of nitrogens with zero attached hydrogens (tertiary/aromatic N) is 2. The topological polar surface area (TPSA) is 37.3 Å². The van der Waals surface area contributed by atoms with Gasteiger partial charge in [-0.1, -0.05) is 19.1 Å². The summed E-state index contributed by atoms with van der Waals surface area (Å²) in [5.74, 6) is -0.417. The summed E-state index contributed by atoms with van der Waals surface area (Å²) in [5, 5.41) is 2.68. The van der Waals surface area contributed by atoms with Crippen molar-refractivity contribution in [2.45, 2.75) is 32.9 Å². The first-order chi connectivity index (χ1) is 10.6. The molecule has 0 radical (unpaired) electrons. The van der Waals surface area contributed by atoms with E-state index in [9.17, 15) is 9.18 Å². The zero-order valence-electron chi connectivity index (χ0n) is 12.8. The second-order valence-corrected chi connectivity index (χ2v) is 5.58. The van der Waals surface area contributed by atoms with E-state index in [1.54, 1.807) is 23.1 Å². The molecule has 0 bridgehead atoms. The number of carbonyl (C=O) groups excluding carboxylic acids is 1. The fourth-order valence-electron chi connectivity index (χ4n) is 3.13. The van der Waals surface area contributed by atoms with Gasteiger partial charge in [0.25, 0.3) is 0 Å². The van der Waals surface area contributed by atoms with Gasteiger partial charge in [-0.2, -0.15) is 0 Å². The molecule has 1 aliphatic rings.